The minimum Gasteiger partial charge on any atom is -0.480 e. The first-order valence-corrected chi connectivity index (χ1v) is 10.7. The van der Waals surface area contributed by atoms with E-state index in [1.54, 1.807) is 13.8 Å². The quantitative estimate of drug-likeness (QED) is 0.211. The third kappa shape index (κ3) is 7.00. The van der Waals surface area contributed by atoms with Crippen molar-refractivity contribution >= 4 is 29.6 Å². The number of rotatable bonds is 11. The molecule has 1 fully saturated rings. The van der Waals surface area contributed by atoms with Gasteiger partial charge in [-0.25, -0.2) is 9.78 Å². The van der Waals surface area contributed by atoms with Crippen molar-refractivity contribution < 1.29 is 29.1 Å². The number of primary amides is 1. The average molecular weight is 466 g/mol. The van der Waals surface area contributed by atoms with Gasteiger partial charge in [0.15, 0.2) is 0 Å². The smallest absolute Gasteiger partial charge is 0.326 e. The van der Waals surface area contributed by atoms with Crippen molar-refractivity contribution in [3.05, 3.63) is 18.2 Å². The minimum absolute atomic E-state index is 0.00413. The molecule has 1 aliphatic heterocycles. The zero-order chi connectivity index (χ0) is 24.7. The number of nitrogens with two attached hydrogens (primary N) is 2. The summed E-state index contributed by atoms with van der Waals surface area (Å²) in [5.74, 6) is -4.07. The lowest BCUT2D eigenvalue weighted by molar-refractivity contribution is -0.145. The highest BCUT2D eigenvalue weighted by Crippen LogP contribution is 2.21. The molecule has 8 N–H and O–H groups in total. The Morgan fingerprint density at radius 1 is 1.27 bits per heavy atom. The van der Waals surface area contributed by atoms with E-state index >= 15 is 0 Å². The molecule has 13 heteroatoms. The Labute approximate surface area is 190 Å². The van der Waals surface area contributed by atoms with Crippen LogP contribution in [-0.4, -0.2) is 80.3 Å². The van der Waals surface area contributed by atoms with Gasteiger partial charge in [0, 0.05) is 24.9 Å². The SMILES string of the molecule is CC(C)C(NC(=O)C(N)CC(N)=O)C(=O)N1CCCC1C(=O)NC(Cc1cnc[nH]1)C(=O)O. The van der Waals surface area contributed by atoms with Crippen LogP contribution in [-0.2, 0) is 30.4 Å². The predicted octanol–water partition coefficient (Wildman–Crippen LogP) is -2.14. The third-order valence-corrected chi connectivity index (χ3v) is 5.42. The molecule has 0 bridgehead atoms. The normalized spacial score (nSPS) is 18.4. The highest BCUT2D eigenvalue weighted by molar-refractivity contribution is 5.95. The fourth-order valence-corrected chi connectivity index (χ4v) is 3.65. The molecular formula is C20H31N7O6. The maximum Gasteiger partial charge on any atom is 0.326 e. The second kappa shape index (κ2) is 11.4. The van der Waals surface area contributed by atoms with Crippen molar-refractivity contribution in [2.24, 2.45) is 17.4 Å². The number of carbonyl (C=O) groups is 5. The van der Waals surface area contributed by atoms with E-state index in [0.717, 1.165) is 0 Å². The molecule has 1 aromatic heterocycles. The molecule has 13 nitrogen and oxygen atoms in total. The number of carboxylic acids is 1. The molecular weight excluding hydrogens is 434 g/mol. The maximum atomic E-state index is 13.2. The Balaban J connectivity index is 2.09. The summed E-state index contributed by atoms with van der Waals surface area (Å²) in [4.78, 5) is 69.1. The average Bonchev–Trinajstić information content (AvgIpc) is 3.41. The summed E-state index contributed by atoms with van der Waals surface area (Å²) in [7, 11) is 0. The lowest BCUT2D eigenvalue weighted by Gasteiger charge is -2.31. The fourth-order valence-electron chi connectivity index (χ4n) is 3.65. The van der Waals surface area contributed by atoms with Crippen LogP contribution in [0.3, 0.4) is 0 Å². The first-order chi connectivity index (χ1) is 15.5. The van der Waals surface area contributed by atoms with Gasteiger partial charge < -0.3 is 37.1 Å². The lowest BCUT2D eigenvalue weighted by atomic mass is 10.0. The first kappa shape index (κ1) is 25.8. The van der Waals surface area contributed by atoms with Gasteiger partial charge in [0.25, 0.3) is 0 Å². The number of nitrogens with one attached hydrogen (secondary N) is 3. The van der Waals surface area contributed by atoms with Gasteiger partial charge in [-0.05, 0) is 18.8 Å². The van der Waals surface area contributed by atoms with Crippen molar-refractivity contribution in [3.63, 3.8) is 0 Å². The molecule has 4 unspecified atom stereocenters. The van der Waals surface area contributed by atoms with Crippen molar-refractivity contribution in [2.45, 2.75) is 63.7 Å². The Bertz CT molecular complexity index is 872. The number of aromatic amines is 1. The van der Waals surface area contributed by atoms with Gasteiger partial charge in [0.1, 0.15) is 18.1 Å². The van der Waals surface area contributed by atoms with Crippen LogP contribution < -0.4 is 22.1 Å². The van der Waals surface area contributed by atoms with Crippen LogP contribution in [0.2, 0.25) is 0 Å². The number of H-pyrrole nitrogens is 1. The highest BCUT2D eigenvalue weighted by atomic mass is 16.4. The summed E-state index contributed by atoms with van der Waals surface area (Å²) in [6, 6.07) is -4.26. The summed E-state index contributed by atoms with van der Waals surface area (Å²) >= 11 is 0. The van der Waals surface area contributed by atoms with E-state index in [-0.39, 0.29) is 25.3 Å². The number of nitrogens with zero attached hydrogens (tertiary/aromatic N) is 2. The van der Waals surface area contributed by atoms with Crippen LogP contribution in [0.4, 0.5) is 0 Å². The van der Waals surface area contributed by atoms with Gasteiger partial charge in [-0.2, -0.15) is 0 Å². The van der Waals surface area contributed by atoms with Crippen molar-refractivity contribution in [1.29, 1.82) is 0 Å². The molecule has 0 radical (unpaired) electrons. The fraction of sp³-hybridized carbons (Fsp3) is 0.600. The molecule has 1 aromatic rings. The number of hydrogen-bond acceptors (Lipinski definition) is 7. The van der Waals surface area contributed by atoms with E-state index in [0.29, 0.717) is 18.5 Å². The van der Waals surface area contributed by atoms with Crippen molar-refractivity contribution in [2.75, 3.05) is 6.54 Å². The van der Waals surface area contributed by atoms with Crippen LogP contribution in [0.15, 0.2) is 12.5 Å². The molecule has 0 spiro atoms. The summed E-state index contributed by atoms with van der Waals surface area (Å²) in [5, 5.41) is 14.5. The Hall–Kier alpha value is -3.48. The van der Waals surface area contributed by atoms with Crippen molar-refractivity contribution in [3.8, 4) is 0 Å². The van der Waals surface area contributed by atoms with E-state index in [4.69, 9.17) is 11.5 Å². The van der Waals surface area contributed by atoms with Gasteiger partial charge in [-0.1, -0.05) is 13.8 Å². The molecule has 33 heavy (non-hydrogen) atoms. The standard InChI is InChI=1S/C20H31N7O6/c1-10(2)16(26-17(29)12(21)7-15(22)28)19(31)27-5-3-4-14(27)18(30)25-13(20(32)33)6-11-8-23-9-24-11/h8-10,12-14,16H,3-7,21H2,1-2H3,(H2,22,28)(H,23,24)(H,25,30)(H,26,29)(H,32,33). The summed E-state index contributed by atoms with van der Waals surface area (Å²) in [6.07, 6.45) is 3.40. The van der Waals surface area contributed by atoms with Gasteiger partial charge in [0.05, 0.1) is 18.8 Å². The van der Waals surface area contributed by atoms with Gasteiger partial charge in [0.2, 0.25) is 23.6 Å². The van der Waals surface area contributed by atoms with Gasteiger partial charge in [-0.3, -0.25) is 19.2 Å². The summed E-state index contributed by atoms with van der Waals surface area (Å²) in [5.41, 5.74) is 11.3. The Morgan fingerprint density at radius 3 is 2.52 bits per heavy atom. The number of likely N-dealkylation sites (tertiary alicyclic amines) is 1. The molecule has 0 aromatic carbocycles. The molecule has 182 valence electrons. The third-order valence-electron chi connectivity index (χ3n) is 5.42. The predicted molar refractivity (Wildman–Crippen MR) is 115 cm³/mol. The highest BCUT2D eigenvalue weighted by Gasteiger charge is 2.40. The van der Waals surface area contributed by atoms with Crippen molar-refractivity contribution in [1.82, 2.24) is 25.5 Å². The van der Waals surface area contributed by atoms with Crippen LogP contribution in [0.5, 0.6) is 0 Å². The summed E-state index contributed by atoms with van der Waals surface area (Å²) in [6.45, 7) is 3.72. The number of carboxylic acid groups (broad SMARTS) is 1. The zero-order valence-corrected chi connectivity index (χ0v) is 18.6. The molecule has 0 saturated carbocycles. The monoisotopic (exact) mass is 465 g/mol. The maximum absolute atomic E-state index is 13.2. The number of amides is 4. The van der Waals surface area contributed by atoms with E-state index < -0.39 is 53.8 Å². The number of hydrogen-bond donors (Lipinski definition) is 6. The molecule has 2 rings (SSSR count). The molecule has 4 atom stereocenters. The number of imidazole rings is 1. The summed E-state index contributed by atoms with van der Waals surface area (Å²) < 4.78 is 0. The molecule has 1 aliphatic rings. The van der Waals surface area contributed by atoms with Gasteiger partial charge in [-0.15, -0.1) is 0 Å². The van der Waals surface area contributed by atoms with Crippen LogP contribution >= 0.6 is 0 Å². The van der Waals surface area contributed by atoms with E-state index in [9.17, 15) is 29.1 Å². The molecule has 2 heterocycles. The van der Waals surface area contributed by atoms with Crippen LogP contribution in [0.25, 0.3) is 0 Å². The number of carbonyl (C=O) groups excluding carboxylic acids is 4. The minimum atomic E-state index is -1.22. The van der Waals surface area contributed by atoms with Crippen LogP contribution in [0, 0.1) is 5.92 Å². The van der Waals surface area contributed by atoms with E-state index in [2.05, 4.69) is 20.6 Å². The Kier molecular flexibility index (Phi) is 8.91. The lowest BCUT2D eigenvalue weighted by Crippen LogP contribution is -2.58. The number of aromatic nitrogens is 2. The Morgan fingerprint density at radius 2 is 1.97 bits per heavy atom. The largest absolute Gasteiger partial charge is 0.480 e. The molecule has 1 saturated heterocycles. The second-order valence-corrected chi connectivity index (χ2v) is 8.38. The first-order valence-electron chi connectivity index (χ1n) is 10.7. The van der Waals surface area contributed by atoms with E-state index in [1.807, 2.05) is 0 Å². The van der Waals surface area contributed by atoms with Gasteiger partial charge >= 0.3 is 5.97 Å². The zero-order valence-electron chi connectivity index (χ0n) is 18.6. The van der Waals surface area contributed by atoms with E-state index in [1.165, 1.54) is 17.4 Å². The number of aliphatic carboxylic acids is 1. The topological polar surface area (TPSA) is 214 Å². The van der Waals surface area contributed by atoms with Crippen LogP contribution in [0.1, 0.15) is 38.8 Å². The second-order valence-electron chi connectivity index (χ2n) is 8.38. The molecule has 4 amide bonds. The molecule has 0 aliphatic carbocycles.